The van der Waals surface area contributed by atoms with Crippen molar-refractivity contribution in [3.8, 4) is 6.07 Å². The Morgan fingerprint density at radius 2 is 1.86 bits per heavy atom. The molecule has 0 spiro atoms. The molecule has 0 radical (unpaired) electrons. The van der Waals surface area contributed by atoms with Gasteiger partial charge in [0.1, 0.15) is 23.6 Å². The van der Waals surface area contributed by atoms with Gasteiger partial charge in [0, 0.05) is 49.0 Å². The van der Waals surface area contributed by atoms with Crippen LogP contribution >= 0.6 is 0 Å². The van der Waals surface area contributed by atoms with Crippen LogP contribution in [0, 0.1) is 11.3 Å². The number of fused-ring (bicyclic) bond motifs is 3. The lowest BCUT2D eigenvalue weighted by atomic mass is 9.95. The van der Waals surface area contributed by atoms with Crippen LogP contribution in [0.5, 0.6) is 0 Å². The SMILES string of the molecule is CC[C@H]1CN([C@H](CC)c2ccc(C3CC3)nc2)[C@H](CC)CN1c1nc2nncn2c2ccc(C#N)nc12. The Morgan fingerprint density at radius 3 is 2.54 bits per heavy atom. The predicted octanol–water partition coefficient (Wildman–Crippen LogP) is 4.65. The van der Waals surface area contributed by atoms with Crippen molar-refractivity contribution in [1.29, 1.82) is 5.26 Å². The standard InChI is InChI=1S/C28H33N9/c1-4-21-16-36(27-26-25(12-10-20(13-29)32-26)37-17-31-34-28(37)33-27)22(5-2)15-35(21)24(6-3)19-9-11-23(30-14-19)18-7-8-18/h9-12,14,17-18,21-22,24H,4-8,15-16H2,1-3H3/t21-,22+,24-/m1/s1. The van der Waals surface area contributed by atoms with Crippen molar-refractivity contribution in [1.82, 2.24) is 34.4 Å². The highest BCUT2D eigenvalue weighted by Gasteiger charge is 2.38. The first kappa shape index (κ1) is 23.7. The topological polar surface area (TPSA) is 99.1 Å². The number of nitrogens with zero attached hydrogens (tertiary/aromatic N) is 9. The molecule has 0 N–H and O–H groups in total. The number of piperazine rings is 1. The molecule has 1 aliphatic carbocycles. The van der Waals surface area contributed by atoms with Crippen molar-refractivity contribution in [2.24, 2.45) is 0 Å². The fourth-order valence-electron chi connectivity index (χ4n) is 5.92. The molecule has 0 amide bonds. The van der Waals surface area contributed by atoms with Gasteiger partial charge in [-0.2, -0.15) is 10.2 Å². The van der Waals surface area contributed by atoms with Crippen molar-refractivity contribution in [2.45, 2.75) is 76.9 Å². The summed E-state index contributed by atoms with van der Waals surface area (Å²) in [4.78, 5) is 19.5. The van der Waals surface area contributed by atoms with Crippen LogP contribution in [0.4, 0.5) is 5.82 Å². The average molecular weight is 496 g/mol. The minimum absolute atomic E-state index is 0.254. The zero-order chi connectivity index (χ0) is 25.5. The van der Waals surface area contributed by atoms with E-state index in [-0.39, 0.29) is 6.04 Å². The summed E-state index contributed by atoms with van der Waals surface area (Å²) in [7, 11) is 0. The lowest BCUT2D eigenvalue weighted by molar-refractivity contribution is 0.0894. The summed E-state index contributed by atoms with van der Waals surface area (Å²) < 4.78 is 1.84. The Kier molecular flexibility index (Phi) is 6.21. The van der Waals surface area contributed by atoms with Crippen molar-refractivity contribution < 1.29 is 0 Å². The summed E-state index contributed by atoms with van der Waals surface area (Å²) in [6.07, 6.45) is 9.35. The minimum Gasteiger partial charge on any atom is -0.349 e. The first-order chi connectivity index (χ1) is 18.1. The Hall–Kier alpha value is -3.64. The summed E-state index contributed by atoms with van der Waals surface area (Å²) in [5, 5.41) is 17.9. The van der Waals surface area contributed by atoms with Gasteiger partial charge in [0.15, 0.2) is 5.82 Å². The van der Waals surface area contributed by atoms with Gasteiger partial charge in [-0.05, 0) is 55.9 Å². The van der Waals surface area contributed by atoms with Gasteiger partial charge >= 0.3 is 0 Å². The second-order valence-electron chi connectivity index (χ2n) is 10.3. The zero-order valence-electron chi connectivity index (χ0n) is 21.7. The summed E-state index contributed by atoms with van der Waals surface area (Å²) >= 11 is 0. The van der Waals surface area contributed by atoms with Gasteiger partial charge < -0.3 is 4.90 Å². The summed E-state index contributed by atoms with van der Waals surface area (Å²) in [6, 6.07) is 11.3. The van der Waals surface area contributed by atoms with E-state index in [0.29, 0.717) is 29.5 Å². The molecule has 0 unspecified atom stereocenters. The summed E-state index contributed by atoms with van der Waals surface area (Å²) in [5.74, 6) is 2.01. The Morgan fingerprint density at radius 1 is 1.03 bits per heavy atom. The van der Waals surface area contributed by atoms with E-state index in [9.17, 15) is 5.26 Å². The van der Waals surface area contributed by atoms with Crippen molar-refractivity contribution in [2.75, 3.05) is 18.0 Å². The minimum atomic E-state index is 0.254. The Bertz CT molecular complexity index is 1450. The van der Waals surface area contributed by atoms with Gasteiger partial charge in [0.2, 0.25) is 0 Å². The molecule has 4 aromatic heterocycles. The molecule has 1 saturated heterocycles. The highest BCUT2D eigenvalue weighted by molar-refractivity contribution is 5.88. The van der Waals surface area contributed by atoms with Gasteiger partial charge in [0.05, 0.1) is 5.52 Å². The van der Waals surface area contributed by atoms with E-state index in [2.05, 4.69) is 65.2 Å². The molecule has 5 heterocycles. The first-order valence-electron chi connectivity index (χ1n) is 13.5. The van der Waals surface area contributed by atoms with E-state index >= 15 is 0 Å². The smallest absolute Gasteiger partial charge is 0.257 e. The highest BCUT2D eigenvalue weighted by Crippen LogP contribution is 2.40. The van der Waals surface area contributed by atoms with Gasteiger partial charge in [-0.25, -0.2) is 4.98 Å². The van der Waals surface area contributed by atoms with Crippen LogP contribution in [0.25, 0.3) is 16.8 Å². The molecule has 190 valence electrons. The van der Waals surface area contributed by atoms with Crippen LogP contribution in [-0.4, -0.2) is 59.6 Å². The lowest BCUT2D eigenvalue weighted by Gasteiger charge is -2.49. The molecule has 4 aromatic rings. The van der Waals surface area contributed by atoms with Crippen LogP contribution in [-0.2, 0) is 0 Å². The fourth-order valence-corrected chi connectivity index (χ4v) is 5.92. The maximum Gasteiger partial charge on any atom is 0.257 e. The lowest BCUT2D eigenvalue weighted by Crippen LogP contribution is -2.59. The third kappa shape index (κ3) is 4.19. The van der Waals surface area contributed by atoms with E-state index in [1.807, 2.05) is 10.5 Å². The number of nitriles is 1. The van der Waals surface area contributed by atoms with Crippen LogP contribution in [0.1, 0.15) is 81.8 Å². The van der Waals surface area contributed by atoms with Crippen LogP contribution < -0.4 is 4.90 Å². The second-order valence-corrected chi connectivity index (χ2v) is 10.3. The molecule has 9 heteroatoms. The van der Waals surface area contributed by atoms with Crippen molar-refractivity contribution in [3.63, 3.8) is 0 Å². The van der Waals surface area contributed by atoms with Crippen molar-refractivity contribution >= 4 is 22.6 Å². The number of pyridine rings is 2. The van der Waals surface area contributed by atoms with Gasteiger partial charge in [-0.1, -0.05) is 26.8 Å². The Balaban J connectivity index is 1.37. The normalized spacial score (nSPS) is 21.4. The molecule has 0 bridgehead atoms. The van der Waals surface area contributed by atoms with E-state index < -0.39 is 0 Å². The van der Waals surface area contributed by atoms with E-state index in [0.717, 1.165) is 49.2 Å². The predicted molar refractivity (Wildman–Crippen MR) is 142 cm³/mol. The molecule has 0 aromatic carbocycles. The quantitative estimate of drug-likeness (QED) is 0.365. The van der Waals surface area contributed by atoms with Crippen LogP contribution in [0.15, 0.2) is 36.8 Å². The molecule has 37 heavy (non-hydrogen) atoms. The summed E-state index contributed by atoms with van der Waals surface area (Å²) in [6.45, 7) is 8.55. The van der Waals surface area contributed by atoms with Gasteiger partial charge in [-0.15, -0.1) is 10.2 Å². The van der Waals surface area contributed by atoms with Crippen LogP contribution in [0.2, 0.25) is 0 Å². The maximum absolute atomic E-state index is 9.54. The zero-order valence-corrected chi connectivity index (χ0v) is 21.7. The molecule has 6 rings (SSSR count). The van der Waals surface area contributed by atoms with Gasteiger partial charge in [0.25, 0.3) is 5.78 Å². The molecule has 1 aliphatic heterocycles. The van der Waals surface area contributed by atoms with E-state index in [1.165, 1.54) is 24.1 Å². The van der Waals surface area contributed by atoms with Gasteiger partial charge in [-0.3, -0.25) is 14.3 Å². The molecular formula is C28H33N9. The maximum atomic E-state index is 9.54. The van der Waals surface area contributed by atoms with E-state index in [1.54, 1.807) is 12.4 Å². The second kappa shape index (κ2) is 9.67. The molecule has 3 atom stereocenters. The number of hydrogen-bond acceptors (Lipinski definition) is 8. The molecular weight excluding hydrogens is 462 g/mol. The molecule has 2 fully saturated rings. The Labute approximate surface area is 217 Å². The third-order valence-electron chi connectivity index (χ3n) is 8.13. The van der Waals surface area contributed by atoms with Crippen molar-refractivity contribution in [3.05, 3.63) is 53.7 Å². The number of rotatable bonds is 7. The molecule has 1 saturated carbocycles. The largest absolute Gasteiger partial charge is 0.349 e. The highest BCUT2D eigenvalue weighted by atomic mass is 15.4. The number of aromatic nitrogens is 6. The summed E-state index contributed by atoms with van der Waals surface area (Å²) in [5.41, 5.74) is 4.52. The number of anilines is 1. The fraction of sp³-hybridized carbons (Fsp3) is 0.500. The monoisotopic (exact) mass is 495 g/mol. The average Bonchev–Trinajstić information content (AvgIpc) is 3.69. The molecule has 2 aliphatic rings. The number of hydrogen-bond donors (Lipinski definition) is 0. The van der Waals surface area contributed by atoms with Crippen LogP contribution in [0.3, 0.4) is 0 Å². The third-order valence-corrected chi connectivity index (χ3v) is 8.13. The molecule has 9 nitrogen and oxygen atoms in total. The first-order valence-corrected chi connectivity index (χ1v) is 13.5. The van der Waals surface area contributed by atoms with E-state index in [4.69, 9.17) is 15.0 Å².